The van der Waals surface area contributed by atoms with Crippen LogP contribution in [0.25, 0.3) is 0 Å². The zero-order valence-corrected chi connectivity index (χ0v) is 12.9. The Balaban J connectivity index is 2.33. The minimum Gasteiger partial charge on any atom is -0.497 e. The molecule has 106 valence electrons. The lowest BCUT2D eigenvalue weighted by Crippen LogP contribution is -2.38. The van der Waals surface area contributed by atoms with Crippen molar-refractivity contribution in [2.24, 2.45) is 11.1 Å². The van der Waals surface area contributed by atoms with Crippen LogP contribution in [0.1, 0.15) is 43.8 Å². The van der Waals surface area contributed by atoms with Gasteiger partial charge in [-0.15, -0.1) is 0 Å². The lowest BCUT2D eigenvalue weighted by atomic mass is 9.68. The van der Waals surface area contributed by atoms with Crippen molar-refractivity contribution in [2.45, 2.75) is 38.2 Å². The Labute approximate surface area is 123 Å². The molecule has 0 aliphatic heterocycles. The van der Waals surface area contributed by atoms with Crippen LogP contribution >= 0.6 is 15.9 Å². The molecule has 1 unspecified atom stereocenters. The molecule has 0 aromatic heterocycles. The quantitative estimate of drug-likeness (QED) is 0.891. The number of ether oxygens (including phenoxy) is 1. The minimum absolute atomic E-state index is 0.187. The Morgan fingerprint density at radius 1 is 1.37 bits per heavy atom. The van der Waals surface area contributed by atoms with E-state index in [0.29, 0.717) is 6.54 Å². The number of hydrogen-bond donors (Lipinski definition) is 2. The summed E-state index contributed by atoms with van der Waals surface area (Å²) >= 11 is 3.52. The monoisotopic (exact) mass is 327 g/mol. The largest absolute Gasteiger partial charge is 0.497 e. The average molecular weight is 328 g/mol. The molecule has 1 aromatic carbocycles. The van der Waals surface area contributed by atoms with Crippen LogP contribution in [0.2, 0.25) is 0 Å². The molecule has 0 amide bonds. The second kappa shape index (κ2) is 6.25. The van der Waals surface area contributed by atoms with E-state index in [-0.39, 0.29) is 5.41 Å². The smallest absolute Gasteiger partial charge is 0.119 e. The lowest BCUT2D eigenvalue weighted by molar-refractivity contribution is 0.000118. The fraction of sp³-hybridized carbons (Fsp3) is 0.600. The summed E-state index contributed by atoms with van der Waals surface area (Å²) in [5.41, 5.74) is 6.68. The predicted molar refractivity (Wildman–Crippen MR) is 80.2 cm³/mol. The highest BCUT2D eigenvalue weighted by molar-refractivity contribution is 9.10. The number of hydrogen-bond acceptors (Lipinski definition) is 3. The van der Waals surface area contributed by atoms with Gasteiger partial charge in [0.25, 0.3) is 0 Å². The molecule has 0 saturated heterocycles. The van der Waals surface area contributed by atoms with Crippen molar-refractivity contribution in [3.63, 3.8) is 0 Å². The molecule has 4 heteroatoms. The zero-order valence-electron chi connectivity index (χ0n) is 11.4. The first-order valence-electron chi connectivity index (χ1n) is 6.84. The summed E-state index contributed by atoms with van der Waals surface area (Å²) in [6.07, 6.45) is 4.99. The van der Waals surface area contributed by atoms with Gasteiger partial charge in [0.1, 0.15) is 5.75 Å². The first-order chi connectivity index (χ1) is 9.13. The third kappa shape index (κ3) is 2.96. The van der Waals surface area contributed by atoms with Crippen molar-refractivity contribution in [1.82, 2.24) is 0 Å². The Morgan fingerprint density at radius 3 is 2.63 bits per heavy atom. The molecule has 1 aliphatic rings. The summed E-state index contributed by atoms with van der Waals surface area (Å²) in [4.78, 5) is 0. The molecule has 3 nitrogen and oxygen atoms in total. The van der Waals surface area contributed by atoms with E-state index in [0.717, 1.165) is 41.5 Å². The van der Waals surface area contributed by atoms with E-state index in [4.69, 9.17) is 10.5 Å². The van der Waals surface area contributed by atoms with Crippen LogP contribution in [0.4, 0.5) is 0 Å². The molecule has 3 N–H and O–H groups in total. The van der Waals surface area contributed by atoms with Gasteiger partial charge in [-0.2, -0.15) is 0 Å². The summed E-state index contributed by atoms with van der Waals surface area (Å²) in [7, 11) is 1.64. The summed E-state index contributed by atoms with van der Waals surface area (Å²) < 4.78 is 6.17. The summed E-state index contributed by atoms with van der Waals surface area (Å²) in [6, 6.07) is 5.71. The molecule has 1 atom stereocenters. The van der Waals surface area contributed by atoms with E-state index in [1.54, 1.807) is 7.11 Å². The first kappa shape index (κ1) is 14.8. The van der Waals surface area contributed by atoms with Crippen LogP contribution in [0.15, 0.2) is 22.7 Å². The molecule has 0 heterocycles. The van der Waals surface area contributed by atoms with Crippen molar-refractivity contribution in [2.75, 3.05) is 13.7 Å². The van der Waals surface area contributed by atoms with E-state index in [9.17, 15) is 5.11 Å². The number of rotatable bonds is 4. The molecule has 1 aliphatic carbocycles. The highest BCUT2D eigenvalue weighted by atomic mass is 79.9. The van der Waals surface area contributed by atoms with E-state index in [1.165, 1.54) is 6.42 Å². The van der Waals surface area contributed by atoms with Crippen LogP contribution in [0, 0.1) is 5.41 Å². The molecule has 0 spiro atoms. The third-order valence-corrected chi connectivity index (χ3v) is 5.06. The first-order valence-corrected chi connectivity index (χ1v) is 7.64. The van der Waals surface area contributed by atoms with Crippen LogP contribution in [-0.2, 0) is 0 Å². The van der Waals surface area contributed by atoms with Gasteiger partial charge in [-0.1, -0.05) is 35.2 Å². The maximum Gasteiger partial charge on any atom is 0.119 e. The SMILES string of the molecule is COc1ccc(Br)c(C(O)C2(CN)CCCCC2)c1. The second-order valence-corrected chi connectivity index (χ2v) is 6.27. The molecule has 1 saturated carbocycles. The zero-order chi connectivity index (χ0) is 13.9. The fourth-order valence-electron chi connectivity index (χ4n) is 3.03. The van der Waals surface area contributed by atoms with Crippen LogP contribution in [0.5, 0.6) is 5.75 Å². The molecule has 0 radical (unpaired) electrons. The predicted octanol–water partition coefficient (Wildman–Crippen LogP) is 3.40. The Hall–Kier alpha value is -0.580. The van der Waals surface area contributed by atoms with Gasteiger partial charge in [0.2, 0.25) is 0 Å². The number of benzene rings is 1. The normalized spacial score (nSPS) is 20.0. The van der Waals surface area contributed by atoms with Gasteiger partial charge in [-0.05, 0) is 36.6 Å². The molecule has 1 fully saturated rings. The number of methoxy groups -OCH3 is 1. The minimum atomic E-state index is -0.540. The van der Waals surface area contributed by atoms with Crippen LogP contribution in [-0.4, -0.2) is 18.8 Å². The maximum absolute atomic E-state index is 10.8. The topological polar surface area (TPSA) is 55.5 Å². The average Bonchev–Trinajstić information content (AvgIpc) is 2.47. The van der Waals surface area contributed by atoms with Crippen molar-refractivity contribution >= 4 is 15.9 Å². The number of aliphatic hydroxyl groups excluding tert-OH is 1. The molecule has 2 rings (SSSR count). The molecule has 19 heavy (non-hydrogen) atoms. The van der Waals surface area contributed by atoms with E-state index < -0.39 is 6.10 Å². The third-order valence-electron chi connectivity index (χ3n) is 4.33. The van der Waals surface area contributed by atoms with Gasteiger partial charge in [-0.3, -0.25) is 0 Å². The van der Waals surface area contributed by atoms with Crippen molar-refractivity contribution in [1.29, 1.82) is 0 Å². The Morgan fingerprint density at radius 2 is 2.05 bits per heavy atom. The van der Waals surface area contributed by atoms with Crippen molar-refractivity contribution < 1.29 is 9.84 Å². The Bertz CT molecular complexity index is 430. The lowest BCUT2D eigenvalue weighted by Gasteiger charge is -2.40. The van der Waals surface area contributed by atoms with Gasteiger partial charge in [0.05, 0.1) is 13.2 Å². The number of halogens is 1. The van der Waals surface area contributed by atoms with Gasteiger partial charge in [0.15, 0.2) is 0 Å². The second-order valence-electron chi connectivity index (χ2n) is 5.42. The molecular weight excluding hydrogens is 306 g/mol. The van der Waals surface area contributed by atoms with Gasteiger partial charge < -0.3 is 15.6 Å². The van der Waals surface area contributed by atoms with Gasteiger partial charge >= 0.3 is 0 Å². The van der Waals surface area contributed by atoms with Crippen LogP contribution in [0.3, 0.4) is 0 Å². The molecule has 0 bridgehead atoms. The maximum atomic E-state index is 10.8. The summed E-state index contributed by atoms with van der Waals surface area (Å²) in [5.74, 6) is 0.764. The van der Waals surface area contributed by atoms with Crippen LogP contribution < -0.4 is 10.5 Å². The highest BCUT2D eigenvalue weighted by Gasteiger charge is 2.39. The summed E-state index contributed by atoms with van der Waals surface area (Å²) in [5, 5.41) is 10.8. The summed E-state index contributed by atoms with van der Waals surface area (Å²) in [6.45, 7) is 0.526. The standard InChI is InChI=1S/C15H22BrNO2/c1-19-11-5-6-13(16)12(9-11)14(18)15(10-17)7-3-2-4-8-15/h5-6,9,14,18H,2-4,7-8,10,17H2,1H3. The van der Waals surface area contributed by atoms with Crippen molar-refractivity contribution in [3.8, 4) is 5.75 Å². The highest BCUT2D eigenvalue weighted by Crippen LogP contribution is 2.47. The van der Waals surface area contributed by atoms with Gasteiger partial charge in [-0.25, -0.2) is 0 Å². The van der Waals surface area contributed by atoms with E-state index >= 15 is 0 Å². The van der Waals surface area contributed by atoms with Gasteiger partial charge in [0, 0.05) is 16.4 Å². The number of aliphatic hydroxyl groups is 1. The molecule has 1 aromatic rings. The van der Waals surface area contributed by atoms with E-state index in [1.807, 2.05) is 18.2 Å². The molecular formula is C15H22BrNO2. The Kier molecular flexibility index (Phi) is 4.87. The van der Waals surface area contributed by atoms with E-state index in [2.05, 4.69) is 15.9 Å². The van der Waals surface area contributed by atoms with Crippen molar-refractivity contribution in [3.05, 3.63) is 28.2 Å². The fourth-order valence-corrected chi connectivity index (χ4v) is 3.50. The number of nitrogens with two attached hydrogens (primary N) is 1.